The first kappa shape index (κ1) is 16.4. The molecule has 0 saturated carbocycles. The number of carbonyl (C=O) groups is 1. The van der Waals surface area contributed by atoms with Crippen molar-refractivity contribution < 1.29 is 4.79 Å². The van der Waals surface area contributed by atoms with Crippen LogP contribution in [0.15, 0.2) is 17.1 Å². The fourth-order valence-electron chi connectivity index (χ4n) is 1.87. The molecule has 1 aromatic rings. The average molecular weight is 295 g/mol. The van der Waals surface area contributed by atoms with Crippen LogP contribution in [-0.4, -0.2) is 33.9 Å². The molecule has 1 aromatic heterocycles. The van der Waals surface area contributed by atoms with E-state index in [9.17, 15) is 9.59 Å². The van der Waals surface area contributed by atoms with E-state index in [1.54, 1.807) is 11.8 Å². The zero-order chi connectivity index (χ0) is 15.3. The number of aromatic amines is 1. The van der Waals surface area contributed by atoms with Gasteiger partial charge >= 0.3 is 0 Å². The van der Waals surface area contributed by atoms with Crippen LogP contribution in [0.5, 0.6) is 0 Å². The molecule has 0 aliphatic heterocycles. The summed E-state index contributed by atoms with van der Waals surface area (Å²) >= 11 is 4.85. The van der Waals surface area contributed by atoms with Gasteiger partial charge in [-0.05, 0) is 12.8 Å². The lowest BCUT2D eigenvalue weighted by Gasteiger charge is -2.24. The Kier molecular flexibility index (Phi) is 5.88. The van der Waals surface area contributed by atoms with Crippen molar-refractivity contribution >= 4 is 23.1 Å². The maximum absolute atomic E-state index is 12.4. The maximum atomic E-state index is 12.4. The zero-order valence-corrected chi connectivity index (χ0v) is 12.9. The first-order chi connectivity index (χ1) is 9.31. The predicted octanol–water partition coefficient (Wildman–Crippen LogP) is 1.46. The molecule has 0 aliphatic rings. The molecule has 0 saturated heterocycles. The van der Waals surface area contributed by atoms with E-state index in [2.05, 4.69) is 4.98 Å². The van der Waals surface area contributed by atoms with Gasteiger partial charge in [0.1, 0.15) is 5.56 Å². The minimum Gasteiger partial charge on any atom is -0.393 e. The predicted molar refractivity (Wildman–Crippen MR) is 83.9 cm³/mol. The molecule has 5 nitrogen and oxygen atoms in total. The van der Waals surface area contributed by atoms with Gasteiger partial charge in [-0.3, -0.25) is 9.59 Å². The van der Waals surface area contributed by atoms with Gasteiger partial charge in [-0.2, -0.15) is 0 Å². The third-order valence-corrected chi connectivity index (χ3v) is 2.99. The van der Waals surface area contributed by atoms with Crippen molar-refractivity contribution in [2.24, 2.45) is 11.7 Å². The minimum absolute atomic E-state index is 0.152. The summed E-state index contributed by atoms with van der Waals surface area (Å²) in [7, 11) is 0. The molecule has 0 bridgehead atoms. The molecule has 0 spiro atoms. The lowest BCUT2D eigenvalue weighted by molar-refractivity contribution is 0.0739. The number of nitrogens with one attached hydrogen (secondary N) is 1. The number of amides is 1. The van der Waals surface area contributed by atoms with Gasteiger partial charge in [0.05, 0.1) is 4.99 Å². The Hall–Kier alpha value is -1.69. The maximum Gasteiger partial charge on any atom is 0.259 e. The Bertz CT molecular complexity index is 552. The highest BCUT2D eigenvalue weighted by atomic mass is 32.1. The number of hydrogen-bond acceptors (Lipinski definition) is 3. The van der Waals surface area contributed by atoms with Crippen LogP contribution < -0.4 is 11.2 Å². The lowest BCUT2D eigenvalue weighted by Crippen LogP contribution is -2.38. The normalized spacial score (nSPS) is 10.6. The van der Waals surface area contributed by atoms with Crippen molar-refractivity contribution in [3.63, 3.8) is 0 Å². The summed E-state index contributed by atoms with van der Waals surface area (Å²) < 4.78 is 0. The first-order valence-electron chi connectivity index (χ1n) is 6.58. The van der Waals surface area contributed by atoms with Gasteiger partial charge < -0.3 is 15.6 Å². The molecular weight excluding hydrogens is 274 g/mol. The standard InChI is InChI=1S/C14H21N3O2S/c1-9(2)8-17(5-4-13(15)20)14(19)11-7-16-10(3)6-12(11)18/h6-7,9H,4-5,8H2,1-3H3,(H2,15,20)(H,16,18). The zero-order valence-electron chi connectivity index (χ0n) is 12.1. The topological polar surface area (TPSA) is 79.2 Å². The van der Waals surface area contributed by atoms with Crippen LogP contribution in [0.25, 0.3) is 0 Å². The molecule has 0 aliphatic carbocycles. The van der Waals surface area contributed by atoms with Crippen LogP contribution in [0.2, 0.25) is 0 Å². The van der Waals surface area contributed by atoms with Gasteiger partial charge in [0, 0.05) is 37.5 Å². The van der Waals surface area contributed by atoms with Crippen LogP contribution in [-0.2, 0) is 0 Å². The van der Waals surface area contributed by atoms with Crippen molar-refractivity contribution in [3.8, 4) is 0 Å². The Balaban J connectivity index is 2.96. The second-order valence-electron chi connectivity index (χ2n) is 5.26. The number of nitrogens with two attached hydrogens (primary N) is 1. The molecule has 1 rings (SSSR count). The van der Waals surface area contributed by atoms with Crippen LogP contribution in [0.3, 0.4) is 0 Å². The fourth-order valence-corrected chi connectivity index (χ4v) is 1.96. The third-order valence-electron chi connectivity index (χ3n) is 2.79. The summed E-state index contributed by atoms with van der Waals surface area (Å²) in [5.41, 5.74) is 6.10. The van der Waals surface area contributed by atoms with Gasteiger partial charge in [0.25, 0.3) is 5.91 Å². The number of H-pyrrole nitrogens is 1. The summed E-state index contributed by atoms with van der Waals surface area (Å²) in [6.45, 7) is 6.80. The van der Waals surface area contributed by atoms with Gasteiger partial charge in [-0.25, -0.2) is 0 Å². The van der Waals surface area contributed by atoms with Crippen molar-refractivity contribution in [2.75, 3.05) is 13.1 Å². The van der Waals surface area contributed by atoms with E-state index in [1.807, 2.05) is 13.8 Å². The molecule has 6 heteroatoms. The second-order valence-corrected chi connectivity index (χ2v) is 5.78. The molecule has 1 amide bonds. The van der Waals surface area contributed by atoms with Crippen LogP contribution in [0, 0.1) is 12.8 Å². The smallest absolute Gasteiger partial charge is 0.259 e. The highest BCUT2D eigenvalue weighted by molar-refractivity contribution is 7.80. The molecule has 0 unspecified atom stereocenters. The molecule has 0 fully saturated rings. The van der Waals surface area contributed by atoms with E-state index in [0.29, 0.717) is 30.4 Å². The summed E-state index contributed by atoms with van der Waals surface area (Å²) in [5, 5.41) is 0. The van der Waals surface area contributed by atoms with Gasteiger partial charge in [-0.1, -0.05) is 26.1 Å². The molecule has 20 heavy (non-hydrogen) atoms. The Morgan fingerprint density at radius 3 is 2.65 bits per heavy atom. The highest BCUT2D eigenvalue weighted by Gasteiger charge is 2.19. The van der Waals surface area contributed by atoms with Crippen LogP contribution in [0.1, 0.15) is 36.3 Å². The van der Waals surface area contributed by atoms with Crippen molar-refractivity contribution in [1.29, 1.82) is 0 Å². The van der Waals surface area contributed by atoms with Crippen molar-refractivity contribution in [1.82, 2.24) is 9.88 Å². The monoisotopic (exact) mass is 295 g/mol. The van der Waals surface area contributed by atoms with E-state index in [1.165, 1.54) is 12.3 Å². The third kappa shape index (κ3) is 4.77. The fraction of sp³-hybridized carbons (Fsp3) is 0.500. The first-order valence-corrected chi connectivity index (χ1v) is 6.99. The number of aromatic nitrogens is 1. The minimum atomic E-state index is -0.281. The van der Waals surface area contributed by atoms with Gasteiger partial charge in [0.15, 0.2) is 5.43 Å². The molecule has 0 aromatic carbocycles. The number of thiocarbonyl (C=S) groups is 1. The Morgan fingerprint density at radius 2 is 2.15 bits per heavy atom. The van der Waals surface area contributed by atoms with E-state index in [0.717, 1.165) is 5.69 Å². The van der Waals surface area contributed by atoms with Crippen LogP contribution in [0.4, 0.5) is 0 Å². The van der Waals surface area contributed by atoms with E-state index < -0.39 is 0 Å². The summed E-state index contributed by atoms with van der Waals surface area (Å²) in [5.74, 6) is 0.0195. The molecule has 0 radical (unpaired) electrons. The summed E-state index contributed by atoms with van der Waals surface area (Å²) in [4.78, 5) is 29.2. The quantitative estimate of drug-likeness (QED) is 0.779. The number of aryl methyl sites for hydroxylation is 1. The van der Waals surface area contributed by atoms with E-state index >= 15 is 0 Å². The van der Waals surface area contributed by atoms with Crippen LogP contribution >= 0.6 is 12.2 Å². The van der Waals surface area contributed by atoms with Gasteiger partial charge in [-0.15, -0.1) is 0 Å². The lowest BCUT2D eigenvalue weighted by atomic mass is 10.1. The highest BCUT2D eigenvalue weighted by Crippen LogP contribution is 2.06. The van der Waals surface area contributed by atoms with Crippen molar-refractivity contribution in [3.05, 3.63) is 33.7 Å². The largest absolute Gasteiger partial charge is 0.393 e. The molecule has 1 heterocycles. The van der Waals surface area contributed by atoms with E-state index in [4.69, 9.17) is 18.0 Å². The molecule has 110 valence electrons. The molecule has 3 N–H and O–H groups in total. The number of pyridine rings is 1. The summed E-state index contributed by atoms with van der Waals surface area (Å²) in [6.07, 6.45) is 1.92. The molecule has 0 atom stereocenters. The number of hydrogen-bond donors (Lipinski definition) is 2. The SMILES string of the molecule is Cc1cc(=O)c(C(=O)N(CCC(N)=S)CC(C)C)c[nH]1. The summed E-state index contributed by atoms with van der Waals surface area (Å²) in [6, 6.07) is 1.42. The Labute approximate surface area is 124 Å². The second kappa shape index (κ2) is 7.19. The Morgan fingerprint density at radius 1 is 1.50 bits per heavy atom. The number of carbonyl (C=O) groups excluding carboxylic acids is 1. The van der Waals surface area contributed by atoms with Crippen molar-refractivity contribution in [2.45, 2.75) is 27.2 Å². The average Bonchev–Trinajstić information content (AvgIpc) is 2.33. The number of rotatable bonds is 6. The molecular formula is C14H21N3O2S. The number of nitrogens with zero attached hydrogens (tertiary/aromatic N) is 1. The van der Waals surface area contributed by atoms with Gasteiger partial charge in [0.2, 0.25) is 0 Å². The van der Waals surface area contributed by atoms with E-state index in [-0.39, 0.29) is 16.9 Å².